The van der Waals surface area contributed by atoms with Crippen LogP contribution in [0.2, 0.25) is 0 Å². The lowest BCUT2D eigenvalue weighted by Gasteiger charge is -2.30. The summed E-state index contributed by atoms with van der Waals surface area (Å²) in [5.41, 5.74) is 2.55. The van der Waals surface area contributed by atoms with Gasteiger partial charge in [-0.1, -0.05) is 26.3 Å². The molecule has 1 fully saturated rings. The Morgan fingerprint density at radius 2 is 2.32 bits per heavy atom. The number of rotatable bonds is 6. The first-order valence-electron chi connectivity index (χ1n) is 7.61. The van der Waals surface area contributed by atoms with Gasteiger partial charge >= 0.3 is 0 Å². The Morgan fingerprint density at radius 1 is 1.42 bits per heavy atom. The third-order valence-electron chi connectivity index (χ3n) is 3.90. The van der Waals surface area contributed by atoms with Crippen LogP contribution in [0.3, 0.4) is 0 Å². The Morgan fingerprint density at radius 3 is 3.11 bits per heavy atom. The summed E-state index contributed by atoms with van der Waals surface area (Å²) < 4.78 is 5.79. The van der Waals surface area contributed by atoms with Crippen LogP contribution >= 0.6 is 0 Å². The Kier molecular flexibility index (Phi) is 5.80. The quantitative estimate of drug-likeness (QED) is 0.855. The summed E-state index contributed by atoms with van der Waals surface area (Å²) in [6.07, 6.45) is 8.04. The van der Waals surface area contributed by atoms with E-state index in [9.17, 15) is 0 Å². The summed E-state index contributed by atoms with van der Waals surface area (Å²) in [4.78, 5) is 4.50. The molecule has 3 nitrogen and oxygen atoms in total. The molecule has 1 aliphatic rings. The molecule has 106 valence electrons. The van der Waals surface area contributed by atoms with Gasteiger partial charge in [-0.2, -0.15) is 0 Å². The second-order valence-corrected chi connectivity index (χ2v) is 5.35. The maximum absolute atomic E-state index is 5.79. The number of pyridine rings is 1. The van der Waals surface area contributed by atoms with Gasteiger partial charge in [0.05, 0.1) is 11.8 Å². The van der Waals surface area contributed by atoms with Crippen molar-refractivity contribution in [2.45, 2.75) is 64.6 Å². The van der Waals surface area contributed by atoms with Crippen LogP contribution in [0.15, 0.2) is 18.3 Å². The fourth-order valence-corrected chi connectivity index (χ4v) is 2.78. The predicted octanol–water partition coefficient (Wildman–Crippen LogP) is 3.08. The van der Waals surface area contributed by atoms with E-state index in [4.69, 9.17) is 4.74 Å². The van der Waals surface area contributed by atoms with Crippen LogP contribution in [0.4, 0.5) is 0 Å². The van der Waals surface area contributed by atoms with Gasteiger partial charge in [-0.05, 0) is 37.3 Å². The highest BCUT2D eigenvalue weighted by atomic mass is 16.5. The van der Waals surface area contributed by atoms with Crippen molar-refractivity contribution in [3.8, 4) is 0 Å². The number of hydrogen-bond acceptors (Lipinski definition) is 3. The van der Waals surface area contributed by atoms with Crippen molar-refractivity contribution in [2.24, 2.45) is 0 Å². The van der Waals surface area contributed by atoms with E-state index in [-0.39, 0.29) is 0 Å². The molecule has 0 aromatic carbocycles. The highest BCUT2D eigenvalue weighted by Crippen LogP contribution is 2.18. The van der Waals surface area contributed by atoms with Gasteiger partial charge in [-0.15, -0.1) is 0 Å². The first-order chi connectivity index (χ1) is 9.33. The van der Waals surface area contributed by atoms with Crippen molar-refractivity contribution in [3.63, 3.8) is 0 Å². The van der Waals surface area contributed by atoms with E-state index in [1.807, 2.05) is 12.3 Å². The summed E-state index contributed by atoms with van der Waals surface area (Å²) in [5, 5.41) is 3.66. The molecular formula is C16H26N2O. The van der Waals surface area contributed by atoms with Gasteiger partial charge in [-0.25, -0.2) is 0 Å². The highest BCUT2D eigenvalue weighted by Gasteiger charge is 2.21. The molecule has 0 bridgehead atoms. The number of aryl methyl sites for hydroxylation is 1. The smallest absolute Gasteiger partial charge is 0.0589 e. The first kappa shape index (κ1) is 14.5. The zero-order chi connectivity index (χ0) is 13.5. The molecule has 3 heteroatoms. The molecule has 1 aromatic rings. The molecule has 0 saturated carbocycles. The van der Waals surface area contributed by atoms with Crippen molar-refractivity contribution < 1.29 is 4.74 Å². The van der Waals surface area contributed by atoms with E-state index in [0.29, 0.717) is 12.1 Å². The van der Waals surface area contributed by atoms with Crippen molar-refractivity contribution in [3.05, 3.63) is 29.6 Å². The first-order valence-corrected chi connectivity index (χ1v) is 7.61. The summed E-state index contributed by atoms with van der Waals surface area (Å²) in [6.45, 7) is 6.19. The van der Waals surface area contributed by atoms with Crippen LogP contribution in [0.1, 0.15) is 50.8 Å². The minimum Gasteiger partial charge on any atom is -0.378 e. The lowest BCUT2D eigenvalue weighted by atomic mass is 10.00. The second-order valence-electron chi connectivity index (χ2n) is 5.35. The van der Waals surface area contributed by atoms with Gasteiger partial charge in [0.1, 0.15) is 0 Å². The lowest BCUT2D eigenvalue weighted by molar-refractivity contribution is -0.00348. The molecule has 2 heterocycles. The Balaban J connectivity index is 1.84. The molecule has 1 saturated heterocycles. The van der Waals surface area contributed by atoms with E-state index in [0.717, 1.165) is 32.4 Å². The van der Waals surface area contributed by atoms with Crippen LogP contribution < -0.4 is 5.32 Å². The Labute approximate surface area is 116 Å². The van der Waals surface area contributed by atoms with Crippen LogP contribution in [0.25, 0.3) is 0 Å². The summed E-state index contributed by atoms with van der Waals surface area (Å²) in [5.74, 6) is 0. The monoisotopic (exact) mass is 262 g/mol. The standard InChI is InChI=1S/C16H26N2O/c1-3-6-15-11-14(8-10-19-15)18-12-16-13(4-2)7-5-9-17-16/h5,7,9,14-15,18H,3-4,6,8,10-12H2,1-2H3. The van der Waals surface area contributed by atoms with E-state index < -0.39 is 0 Å². The number of aromatic nitrogens is 1. The van der Waals surface area contributed by atoms with Crippen molar-refractivity contribution in [2.75, 3.05) is 6.61 Å². The fourth-order valence-electron chi connectivity index (χ4n) is 2.78. The molecule has 2 atom stereocenters. The molecule has 19 heavy (non-hydrogen) atoms. The molecule has 2 rings (SSSR count). The molecular weight excluding hydrogens is 236 g/mol. The average Bonchev–Trinajstić information content (AvgIpc) is 2.46. The maximum atomic E-state index is 5.79. The number of nitrogens with one attached hydrogen (secondary N) is 1. The normalized spacial score (nSPS) is 23.5. The van der Waals surface area contributed by atoms with Crippen molar-refractivity contribution in [1.82, 2.24) is 10.3 Å². The number of hydrogen-bond donors (Lipinski definition) is 1. The van der Waals surface area contributed by atoms with Gasteiger partial charge in [0.25, 0.3) is 0 Å². The molecule has 0 aliphatic carbocycles. The highest BCUT2D eigenvalue weighted by molar-refractivity contribution is 5.19. The van der Waals surface area contributed by atoms with Crippen LogP contribution in [-0.4, -0.2) is 23.7 Å². The van der Waals surface area contributed by atoms with Gasteiger partial charge in [0.15, 0.2) is 0 Å². The molecule has 1 aliphatic heterocycles. The Hall–Kier alpha value is -0.930. The number of ether oxygens (including phenoxy) is 1. The zero-order valence-corrected chi connectivity index (χ0v) is 12.2. The maximum Gasteiger partial charge on any atom is 0.0589 e. The van der Waals surface area contributed by atoms with E-state index in [1.54, 1.807) is 0 Å². The van der Waals surface area contributed by atoms with Gasteiger partial charge in [0.2, 0.25) is 0 Å². The molecule has 1 aromatic heterocycles. The second kappa shape index (κ2) is 7.61. The summed E-state index contributed by atoms with van der Waals surface area (Å²) in [7, 11) is 0. The largest absolute Gasteiger partial charge is 0.378 e. The predicted molar refractivity (Wildman–Crippen MR) is 78.1 cm³/mol. The summed E-state index contributed by atoms with van der Waals surface area (Å²) in [6, 6.07) is 4.78. The third-order valence-corrected chi connectivity index (χ3v) is 3.90. The molecule has 0 radical (unpaired) electrons. The van der Waals surface area contributed by atoms with E-state index in [2.05, 4.69) is 30.2 Å². The van der Waals surface area contributed by atoms with Gasteiger partial charge < -0.3 is 10.1 Å². The molecule has 1 N–H and O–H groups in total. The van der Waals surface area contributed by atoms with Crippen LogP contribution in [-0.2, 0) is 17.7 Å². The SMILES string of the molecule is CCCC1CC(NCc2ncccc2CC)CCO1. The van der Waals surface area contributed by atoms with Crippen LogP contribution in [0.5, 0.6) is 0 Å². The molecule has 0 spiro atoms. The number of nitrogens with zero attached hydrogens (tertiary/aromatic N) is 1. The van der Waals surface area contributed by atoms with E-state index in [1.165, 1.54) is 24.1 Å². The zero-order valence-electron chi connectivity index (χ0n) is 12.2. The minimum atomic E-state index is 0.450. The average molecular weight is 262 g/mol. The minimum absolute atomic E-state index is 0.450. The topological polar surface area (TPSA) is 34.2 Å². The Bertz CT molecular complexity index is 379. The fraction of sp³-hybridized carbons (Fsp3) is 0.688. The lowest BCUT2D eigenvalue weighted by Crippen LogP contribution is -2.38. The summed E-state index contributed by atoms with van der Waals surface area (Å²) >= 11 is 0. The third kappa shape index (κ3) is 4.29. The van der Waals surface area contributed by atoms with Gasteiger partial charge in [-0.3, -0.25) is 4.98 Å². The molecule has 2 unspecified atom stereocenters. The van der Waals surface area contributed by atoms with E-state index >= 15 is 0 Å². The molecule has 0 amide bonds. The van der Waals surface area contributed by atoms with Crippen LogP contribution in [0, 0.1) is 0 Å². The van der Waals surface area contributed by atoms with Gasteiger partial charge in [0, 0.05) is 25.4 Å². The van der Waals surface area contributed by atoms with Crippen molar-refractivity contribution in [1.29, 1.82) is 0 Å². The van der Waals surface area contributed by atoms with Crippen molar-refractivity contribution >= 4 is 0 Å².